The number of esters is 1. The molecule has 0 saturated carbocycles. The van der Waals surface area contributed by atoms with E-state index in [1.165, 1.54) is 0 Å². The second kappa shape index (κ2) is 6.58. The Morgan fingerprint density at radius 2 is 1.80 bits per heavy atom. The third-order valence-corrected chi connectivity index (χ3v) is 1.30. The molecule has 84 valence electrons. The van der Waals surface area contributed by atoms with Gasteiger partial charge in [0, 0.05) is 0 Å². The zero-order valence-corrected chi connectivity index (χ0v) is 8.48. The fourth-order valence-corrected chi connectivity index (χ4v) is 0.685. The molecular formula is C9H12O6. The molecule has 0 heterocycles. The largest absolute Gasteiger partial charge is 0.500 e. The summed E-state index contributed by atoms with van der Waals surface area (Å²) in [6.45, 7) is 3.44. The van der Waals surface area contributed by atoms with Gasteiger partial charge in [0.1, 0.15) is 11.8 Å². The number of aliphatic carboxylic acids is 1. The topological polar surface area (TPSA) is 89.9 Å². The zero-order valence-electron chi connectivity index (χ0n) is 8.48. The smallest absolute Gasteiger partial charge is 0.377 e. The van der Waals surface area contributed by atoms with Crippen molar-refractivity contribution in [3.63, 3.8) is 0 Å². The van der Waals surface area contributed by atoms with Gasteiger partial charge in [-0.05, 0) is 13.8 Å². The van der Waals surface area contributed by atoms with Crippen molar-refractivity contribution in [1.29, 1.82) is 0 Å². The second-order valence-electron chi connectivity index (χ2n) is 2.34. The summed E-state index contributed by atoms with van der Waals surface area (Å²) in [5.74, 6) is -4.07. The minimum atomic E-state index is -1.73. The van der Waals surface area contributed by atoms with Gasteiger partial charge in [-0.1, -0.05) is 0 Å². The van der Waals surface area contributed by atoms with E-state index in [0.717, 1.165) is 6.26 Å². The van der Waals surface area contributed by atoms with Gasteiger partial charge >= 0.3 is 11.9 Å². The number of carbonyl (C=O) groups is 3. The van der Waals surface area contributed by atoms with Crippen molar-refractivity contribution in [1.82, 2.24) is 0 Å². The molecule has 0 aliphatic rings. The lowest BCUT2D eigenvalue weighted by Crippen LogP contribution is -2.23. The van der Waals surface area contributed by atoms with Gasteiger partial charge in [0.15, 0.2) is 0 Å². The first-order valence-corrected chi connectivity index (χ1v) is 4.31. The maximum atomic E-state index is 11.1. The Bertz CT molecular complexity index is 291. The van der Waals surface area contributed by atoms with Crippen molar-refractivity contribution in [2.75, 3.05) is 13.2 Å². The van der Waals surface area contributed by atoms with Gasteiger partial charge in [-0.15, -0.1) is 0 Å². The van der Waals surface area contributed by atoms with E-state index < -0.39 is 23.3 Å². The summed E-state index contributed by atoms with van der Waals surface area (Å²) in [6.07, 6.45) is 0.800. The highest BCUT2D eigenvalue weighted by molar-refractivity contribution is 6.45. The third-order valence-electron chi connectivity index (χ3n) is 1.30. The molecule has 0 saturated heterocycles. The van der Waals surface area contributed by atoms with Crippen LogP contribution < -0.4 is 0 Å². The summed E-state index contributed by atoms with van der Waals surface area (Å²) < 4.78 is 9.19. The van der Waals surface area contributed by atoms with Crippen LogP contribution in [-0.2, 0) is 23.9 Å². The second-order valence-corrected chi connectivity index (χ2v) is 2.34. The van der Waals surface area contributed by atoms with Gasteiger partial charge in [-0.25, -0.2) is 9.59 Å². The molecule has 6 nitrogen and oxygen atoms in total. The number of ether oxygens (including phenoxy) is 2. The van der Waals surface area contributed by atoms with Crippen LogP contribution in [-0.4, -0.2) is 36.0 Å². The van der Waals surface area contributed by atoms with Crippen LogP contribution in [0, 0.1) is 0 Å². The molecule has 0 fully saturated rings. The van der Waals surface area contributed by atoms with Crippen LogP contribution in [0.1, 0.15) is 13.8 Å². The van der Waals surface area contributed by atoms with Crippen LogP contribution in [0.3, 0.4) is 0 Å². The van der Waals surface area contributed by atoms with Gasteiger partial charge in [0.25, 0.3) is 5.78 Å². The Balaban J connectivity index is 4.80. The van der Waals surface area contributed by atoms with Crippen molar-refractivity contribution >= 4 is 17.7 Å². The minimum Gasteiger partial charge on any atom is -0.500 e. The molecule has 0 bridgehead atoms. The highest BCUT2D eigenvalue weighted by Crippen LogP contribution is 2.01. The van der Waals surface area contributed by atoms with Crippen LogP contribution in [0.25, 0.3) is 0 Å². The number of rotatable bonds is 6. The molecule has 1 N–H and O–H groups in total. The van der Waals surface area contributed by atoms with Gasteiger partial charge in [-0.3, -0.25) is 4.79 Å². The summed E-state index contributed by atoms with van der Waals surface area (Å²) in [4.78, 5) is 32.5. The molecule has 0 unspecified atom stereocenters. The fourth-order valence-electron chi connectivity index (χ4n) is 0.685. The molecule has 0 spiro atoms. The molecule has 0 aromatic heterocycles. The van der Waals surface area contributed by atoms with Crippen LogP contribution in [0.5, 0.6) is 0 Å². The molecule has 0 amide bonds. The predicted molar refractivity (Wildman–Crippen MR) is 49.0 cm³/mol. The molecule has 0 radical (unpaired) electrons. The van der Waals surface area contributed by atoms with E-state index >= 15 is 0 Å². The Hall–Kier alpha value is -1.85. The van der Waals surface area contributed by atoms with Crippen molar-refractivity contribution in [3.8, 4) is 0 Å². The molecular weight excluding hydrogens is 204 g/mol. The van der Waals surface area contributed by atoms with Crippen LogP contribution in [0.2, 0.25) is 0 Å². The van der Waals surface area contributed by atoms with Gasteiger partial charge < -0.3 is 14.6 Å². The van der Waals surface area contributed by atoms with Crippen molar-refractivity contribution in [2.24, 2.45) is 0 Å². The first-order chi connectivity index (χ1) is 7.04. The van der Waals surface area contributed by atoms with Crippen LogP contribution in [0.4, 0.5) is 0 Å². The highest BCUT2D eigenvalue weighted by Gasteiger charge is 2.26. The molecule has 0 aromatic carbocycles. The molecule has 0 rings (SSSR count). The quantitative estimate of drug-likeness (QED) is 0.169. The molecule has 0 aliphatic heterocycles. The van der Waals surface area contributed by atoms with E-state index in [-0.39, 0.29) is 13.2 Å². The maximum absolute atomic E-state index is 11.1. The normalized spacial score (nSPS) is 10.7. The Morgan fingerprint density at radius 3 is 2.20 bits per heavy atom. The number of hydrogen-bond donors (Lipinski definition) is 1. The molecule has 0 aromatic rings. The monoisotopic (exact) mass is 216 g/mol. The molecule has 15 heavy (non-hydrogen) atoms. The van der Waals surface area contributed by atoms with Gasteiger partial charge in [0.05, 0.1) is 13.2 Å². The number of carboxylic acids is 1. The molecule has 6 heteroatoms. The lowest BCUT2D eigenvalue weighted by molar-refractivity contribution is -0.150. The van der Waals surface area contributed by atoms with Crippen molar-refractivity contribution in [3.05, 3.63) is 11.8 Å². The standard InChI is InChI=1S/C9H12O6/c1-3-14-5-6(7(10)8(11)12)9(13)15-4-2/h5H,3-4H2,1-2H3,(H,11,12). The average molecular weight is 216 g/mol. The van der Waals surface area contributed by atoms with Gasteiger partial charge in [-0.2, -0.15) is 0 Å². The number of carboxylic acid groups (broad SMARTS) is 1. The number of hydrogen-bond acceptors (Lipinski definition) is 5. The number of carbonyl (C=O) groups excluding carboxylic acids is 2. The van der Waals surface area contributed by atoms with E-state index in [1.807, 2.05) is 0 Å². The highest BCUT2D eigenvalue weighted by atomic mass is 16.5. The Kier molecular flexibility index (Phi) is 5.77. The average Bonchev–Trinajstić information content (AvgIpc) is 2.18. The first-order valence-electron chi connectivity index (χ1n) is 4.31. The predicted octanol–water partition coefficient (Wildman–Crippen LogP) is 0.124. The maximum Gasteiger partial charge on any atom is 0.377 e. The van der Waals surface area contributed by atoms with E-state index in [0.29, 0.717) is 0 Å². The Labute approximate surface area is 86.5 Å². The molecule has 0 aliphatic carbocycles. The van der Waals surface area contributed by atoms with E-state index in [1.54, 1.807) is 13.8 Å². The summed E-state index contributed by atoms with van der Waals surface area (Å²) >= 11 is 0. The van der Waals surface area contributed by atoms with E-state index in [2.05, 4.69) is 9.47 Å². The van der Waals surface area contributed by atoms with Gasteiger partial charge in [0.2, 0.25) is 0 Å². The summed E-state index contributed by atoms with van der Waals surface area (Å²) in [5, 5.41) is 8.42. The number of ketones is 1. The Morgan fingerprint density at radius 1 is 1.20 bits per heavy atom. The SMILES string of the molecule is CCOC=C(C(=O)OCC)C(=O)C(=O)O. The lowest BCUT2D eigenvalue weighted by Gasteiger charge is -2.03. The fraction of sp³-hybridized carbons (Fsp3) is 0.444. The lowest BCUT2D eigenvalue weighted by atomic mass is 10.2. The minimum absolute atomic E-state index is 0.0508. The molecule has 0 atom stereocenters. The zero-order chi connectivity index (χ0) is 11.8. The van der Waals surface area contributed by atoms with E-state index in [9.17, 15) is 14.4 Å². The van der Waals surface area contributed by atoms with Crippen LogP contribution in [0.15, 0.2) is 11.8 Å². The number of Topliss-reactive ketones (excluding diaryl/α,β-unsaturated/α-hetero) is 1. The summed E-state index contributed by atoms with van der Waals surface area (Å²) in [7, 11) is 0. The van der Waals surface area contributed by atoms with Crippen molar-refractivity contribution < 1.29 is 29.0 Å². The summed E-state index contributed by atoms with van der Waals surface area (Å²) in [6, 6.07) is 0. The first kappa shape index (κ1) is 13.2. The summed E-state index contributed by atoms with van der Waals surface area (Å²) in [5.41, 5.74) is -0.619. The van der Waals surface area contributed by atoms with Crippen molar-refractivity contribution in [2.45, 2.75) is 13.8 Å². The van der Waals surface area contributed by atoms with E-state index in [4.69, 9.17) is 5.11 Å². The van der Waals surface area contributed by atoms with Crippen LogP contribution >= 0.6 is 0 Å². The third kappa shape index (κ3) is 4.26.